The fourth-order valence-corrected chi connectivity index (χ4v) is 1.96. The summed E-state index contributed by atoms with van der Waals surface area (Å²) in [6, 6.07) is 7.77. The van der Waals surface area contributed by atoms with E-state index in [1.807, 2.05) is 24.3 Å². The van der Waals surface area contributed by atoms with Gasteiger partial charge in [0.25, 0.3) is 0 Å². The average Bonchev–Trinajstić information content (AvgIpc) is 2.48. The van der Waals surface area contributed by atoms with Gasteiger partial charge in [0.2, 0.25) is 0 Å². The Balaban J connectivity index is 2.71. The predicted octanol–water partition coefficient (Wildman–Crippen LogP) is 2.26. The van der Waals surface area contributed by atoms with Crippen molar-refractivity contribution in [1.82, 2.24) is 4.90 Å². The van der Waals surface area contributed by atoms with Gasteiger partial charge in [0.1, 0.15) is 0 Å². The van der Waals surface area contributed by atoms with E-state index in [9.17, 15) is 9.59 Å². The van der Waals surface area contributed by atoms with E-state index >= 15 is 0 Å². The van der Waals surface area contributed by atoms with Crippen LogP contribution in [0.5, 0.6) is 0 Å². The van der Waals surface area contributed by atoms with Crippen LogP contribution in [-0.2, 0) is 25.6 Å². The van der Waals surface area contributed by atoms with Gasteiger partial charge >= 0.3 is 11.9 Å². The van der Waals surface area contributed by atoms with Gasteiger partial charge in [0, 0.05) is 6.54 Å². The first-order valence-corrected chi connectivity index (χ1v) is 7.34. The van der Waals surface area contributed by atoms with Gasteiger partial charge in [-0.25, -0.2) is 0 Å². The maximum atomic E-state index is 11.7. The van der Waals surface area contributed by atoms with Crippen molar-refractivity contribution in [2.75, 3.05) is 26.3 Å². The molecule has 0 spiro atoms. The van der Waals surface area contributed by atoms with Crippen molar-refractivity contribution in [3.63, 3.8) is 0 Å². The number of esters is 2. The summed E-state index contributed by atoms with van der Waals surface area (Å²) in [7, 11) is 0. The quantitative estimate of drug-likeness (QED) is 0.655. The third-order valence-electron chi connectivity index (χ3n) is 2.94. The lowest BCUT2D eigenvalue weighted by molar-refractivity contribution is -0.148. The molecule has 0 N–H and O–H groups in total. The average molecular weight is 305 g/mol. The Morgan fingerprint density at radius 1 is 1.05 bits per heavy atom. The monoisotopic (exact) mass is 305 g/mol. The highest BCUT2D eigenvalue weighted by Crippen LogP contribution is 2.09. The van der Waals surface area contributed by atoms with Crippen LogP contribution >= 0.6 is 0 Å². The van der Waals surface area contributed by atoms with Crippen molar-refractivity contribution in [3.8, 4) is 0 Å². The van der Waals surface area contributed by atoms with Crippen molar-refractivity contribution < 1.29 is 19.1 Å². The summed E-state index contributed by atoms with van der Waals surface area (Å²) >= 11 is 0. The summed E-state index contributed by atoms with van der Waals surface area (Å²) in [5.41, 5.74) is 2.02. The summed E-state index contributed by atoms with van der Waals surface area (Å²) in [4.78, 5) is 25.0. The van der Waals surface area contributed by atoms with Crippen LogP contribution in [0.25, 0.3) is 6.08 Å². The smallest absolute Gasteiger partial charge is 0.320 e. The Labute approximate surface area is 131 Å². The Kier molecular flexibility index (Phi) is 7.92. The van der Waals surface area contributed by atoms with Gasteiger partial charge in [-0.3, -0.25) is 14.5 Å². The number of hydrogen-bond donors (Lipinski definition) is 0. The maximum absolute atomic E-state index is 11.7. The molecule has 0 unspecified atom stereocenters. The number of benzene rings is 1. The lowest BCUT2D eigenvalue weighted by atomic mass is 10.1. The Hall–Kier alpha value is -2.14. The fourth-order valence-electron chi connectivity index (χ4n) is 1.96. The molecule has 0 saturated heterocycles. The zero-order valence-electron chi connectivity index (χ0n) is 13.2. The van der Waals surface area contributed by atoms with E-state index in [-0.39, 0.29) is 25.0 Å². The third kappa shape index (κ3) is 6.54. The van der Waals surface area contributed by atoms with Gasteiger partial charge in [-0.15, -0.1) is 0 Å². The summed E-state index contributed by atoms with van der Waals surface area (Å²) in [5.74, 6) is -0.705. The van der Waals surface area contributed by atoms with Crippen molar-refractivity contribution in [2.45, 2.75) is 20.4 Å². The largest absolute Gasteiger partial charge is 0.465 e. The molecule has 1 aromatic rings. The minimum Gasteiger partial charge on any atom is -0.465 e. The molecule has 0 atom stereocenters. The molecular formula is C17H23NO4. The van der Waals surface area contributed by atoms with E-state index in [2.05, 4.69) is 6.58 Å². The maximum Gasteiger partial charge on any atom is 0.320 e. The number of nitrogens with zero attached hydrogens (tertiary/aromatic N) is 1. The second-order valence-electron chi connectivity index (χ2n) is 4.70. The molecule has 0 amide bonds. The lowest BCUT2D eigenvalue weighted by Gasteiger charge is -2.20. The van der Waals surface area contributed by atoms with Crippen LogP contribution in [0.4, 0.5) is 0 Å². The molecule has 5 heteroatoms. The zero-order chi connectivity index (χ0) is 16.4. The van der Waals surface area contributed by atoms with E-state index < -0.39 is 0 Å². The number of hydrogen-bond acceptors (Lipinski definition) is 5. The van der Waals surface area contributed by atoms with Gasteiger partial charge in [-0.1, -0.05) is 36.9 Å². The summed E-state index contributed by atoms with van der Waals surface area (Å²) in [6.07, 6.45) is 1.76. The van der Waals surface area contributed by atoms with Gasteiger partial charge in [0.05, 0.1) is 26.3 Å². The molecule has 0 heterocycles. The molecule has 1 rings (SSSR count). The highest BCUT2D eigenvalue weighted by molar-refractivity contribution is 5.75. The molecular weight excluding hydrogens is 282 g/mol. The van der Waals surface area contributed by atoms with Crippen LogP contribution in [0.1, 0.15) is 25.0 Å². The molecule has 0 aliphatic carbocycles. The molecule has 5 nitrogen and oxygen atoms in total. The summed E-state index contributed by atoms with van der Waals surface area (Å²) in [5, 5.41) is 0. The van der Waals surface area contributed by atoms with Gasteiger partial charge < -0.3 is 9.47 Å². The zero-order valence-corrected chi connectivity index (χ0v) is 13.2. The van der Waals surface area contributed by atoms with Crippen LogP contribution in [0.15, 0.2) is 30.8 Å². The second-order valence-corrected chi connectivity index (χ2v) is 4.70. The molecule has 0 fully saturated rings. The number of carbonyl (C=O) groups is 2. The number of ether oxygens (including phenoxy) is 2. The SMILES string of the molecule is C=Cc1ccc(CN(CC(=O)OCC)CC(=O)OCC)cc1. The molecule has 1 aromatic carbocycles. The van der Waals surface area contributed by atoms with E-state index in [1.54, 1.807) is 24.8 Å². The van der Waals surface area contributed by atoms with E-state index in [1.165, 1.54) is 0 Å². The van der Waals surface area contributed by atoms with Crippen molar-refractivity contribution in [3.05, 3.63) is 42.0 Å². The standard InChI is InChI=1S/C17H23NO4/c1-4-14-7-9-15(10-8-14)11-18(12-16(19)21-5-2)13-17(20)22-6-3/h4,7-10H,1,5-6,11-13H2,2-3H3. The highest BCUT2D eigenvalue weighted by atomic mass is 16.5. The van der Waals surface area contributed by atoms with Gasteiger partial charge in [-0.2, -0.15) is 0 Å². The fraction of sp³-hybridized carbons (Fsp3) is 0.412. The first kappa shape index (κ1) is 17.9. The summed E-state index contributed by atoms with van der Waals surface area (Å²) in [6.45, 7) is 8.42. The molecule has 0 aliphatic rings. The van der Waals surface area contributed by atoms with Crippen LogP contribution in [0.2, 0.25) is 0 Å². The van der Waals surface area contributed by atoms with Gasteiger partial charge in [-0.05, 0) is 25.0 Å². The van der Waals surface area contributed by atoms with E-state index in [0.717, 1.165) is 11.1 Å². The summed E-state index contributed by atoms with van der Waals surface area (Å²) < 4.78 is 9.88. The van der Waals surface area contributed by atoms with Crippen molar-refractivity contribution in [2.24, 2.45) is 0 Å². The molecule has 0 radical (unpaired) electrons. The molecule has 0 bridgehead atoms. The van der Waals surface area contributed by atoms with Crippen LogP contribution in [0, 0.1) is 0 Å². The van der Waals surface area contributed by atoms with Crippen LogP contribution < -0.4 is 0 Å². The molecule has 0 saturated carbocycles. The normalized spacial score (nSPS) is 10.3. The lowest BCUT2D eigenvalue weighted by Crippen LogP contribution is -2.35. The topological polar surface area (TPSA) is 55.8 Å². The van der Waals surface area contributed by atoms with E-state index in [0.29, 0.717) is 19.8 Å². The molecule has 0 aliphatic heterocycles. The highest BCUT2D eigenvalue weighted by Gasteiger charge is 2.16. The number of carbonyl (C=O) groups excluding carboxylic acids is 2. The van der Waals surface area contributed by atoms with Crippen LogP contribution in [0.3, 0.4) is 0 Å². The Bertz CT molecular complexity index is 476. The third-order valence-corrected chi connectivity index (χ3v) is 2.94. The van der Waals surface area contributed by atoms with Crippen molar-refractivity contribution in [1.29, 1.82) is 0 Å². The molecule has 0 aromatic heterocycles. The minimum atomic E-state index is -0.352. The first-order valence-electron chi connectivity index (χ1n) is 7.34. The Morgan fingerprint density at radius 2 is 1.55 bits per heavy atom. The minimum absolute atomic E-state index is 0.0515. The van der Waals surface area contributed by atoms with Gasteiger partial charge in [0.15, 0.2) is 0 Å². The predicted molar refractivity (Wildman–Crippen MR) is 85.1 cm³/mol. The first-order chi connectivity index (χ1) is 10.6. The van der Waals surface area contributed by atoms with Crippen LogP contribution in [-0.4, -0.2) is 43.1 Å². The number of rotatable bonds is 9. The Morgan fingerprint density at radius 3 is 1.95 bits per heavy atom. The molecule has 22 heavy (non-hydrogen) atoms. The van der Waals surface area contributed by atoms with E-state index in [4.69, 9.17) is 9.47 Å². The van der Waals surface area contributed by atoms with Crippen molar-refractivity contribution >= 4 is 18.0 Å². The molecule has 120 valence electrons. The second kappa shape index (κ2) is 9.73.